The van der Waals surface area contributed by atoms with Gasteiger partial charge in [-0.2, -0.15) is 0 Å². The average Bonchev–Trinajstić information content (AvgIpc) is 3.48. The molecule has 2 amide bonds. The number of hydrogen-bond acceptors (Lipinski definition) is 8. The Bertz CT molecular complexity index is 1360. The zero-order valence-corrected chi connectivity index (χ0v) is 22.5. The average molecular weight is 530 g/mol. The topological polar surface area (TPSA) is 128 Å². The van der Waals surface area contributed by atoms with Crippen molar-refractivity contribution in [3.8, 4) is 0 Å². The van der Waals surface area contributed by atoms with Crippen LogP contribution in [-0.4, -0.2) is 46.0 Å². The highest BCUT2D eigenvalue weighted by Crippen LogP contribution is 2.31. The molecule has 11 heteroatoms. The fraction of sp³-hybridized carbons (Fsp3) is 0.440. The summed E-state index contributed by atoms with van der Waals surface area (Å²) in [5, 5.41) is 5.94. The number of ether oxygens (including phenoxy) is 1. The maximum atomic E-state index is 13.1. The molecule has 1 aliphatic rings. The number of aryl methyl sites for hydroxylation is 3. The number of nitrogens with zero attached hydrogens (tertiary/aromatic N) is 2. The van der Waals surface area contributed by atoms with Gasteiger partial charge in [-0.25, -0.2) is 9.66 Å². The van der Waals surface area contributed by atoms with E-state index in [4.69, 9.17) is 10.6 Å². The van der Waals surface area contributed by atoms with E-state index in [9.17, 15) is 14.4 Å². The lowest BCUT2D eigenvalue weighted by Crippen LogP contribution is -2.38. The Kier molecular flexibility index (Phi) is 8.01. The Morgan fingerprint density at radius 1 is 1.33 bits per heavy atom. The van der Waals surface area contributed by atoms with E-state index in [1.807, 2.05) is 39.0 Å². The van der Waals surface area contributed by atoms with Gasteiger partial charge in [-0.15, -0.1) is 11.3 Å². The van der Waals surface area contributed by atoms with Gasteiger partial charge in [-0.1, -0.05) is 36.4 Å². The van der Waals surface area contributed by atoms with Gasteiger partial charge in [0.2, 0.25) is 5.91 Å². The third kappa shape index (κ3) is 5.42. The molecule has 1 aromatic carbocycles. The summed E-state index contributed by atoms with van der Waals surface area (Å²) in [5.41, 5.74) is 2.85. The quantitative estimate of drug-likeness (QED) is 0.231. The molecule has 0 aliphatic carbocycles. The van der Waals surface area contributed by atoms with E-state index in [2.05, 4.69) is 15.6 Å². The molecule has 0 bridgehead atoms. The van der Waals surface area contributed by atoms with Crippen LogP contribution in [0.1, 0.15) is 52.5 Å². The van der Waals surface area contributed by atoms with Crippen molar-refractivity contribution in [3.63, 3.8) is 0 Å². The van der Waals surface area contributed by atoms with Gasteiger partial charge in [0.05, 0.1) is 21.6 Å². The van der Waals surface area contributed by atoms with E-state index >= 15 is 0 Å². The lowest BCUT2D eigenvalue weighted by atomic mass is 10.1. The monoisotopic (exact) mass is 529 g/mol. The van der Waals surface area contributed by atoms with Crippen LogP contribution in [0, 0.1) is 20.8 Å². The van der Waals surface area contributed by atoms with Gasteiger partial charge in [0, 0.05) is 18.8 Å². The van der Waals surface area contributed by atoms with E-state index in [0.29, 0.717) is 39.3 Å². The first kappa shape index (κ1) is 26.2. The van der Waals surface area contributed by atoms with E-state index < -0.39 is 10.8 Å². The number of amides is 2. The molecule has 1 saturated heterocycles. The van der Waals surface area contributed by atoms with Crippen LogP contribution in [0.2, 0.25) is 0 Å². The summed E-state index contributed by atoms with van der Waals surface area (Å²) < 4.78 is 6.54. The molecule has 2 aromatic heterocycles. The predicted molar refractivity (Wildman–Crippen MR) is 145 cm³/mol. The van der Waals surface area contributed by atoms with Gasteiger partial charge in [-0.3, -0.25) is 14.4 Å². The lowest BCUT2D eigenvalue weighted by Gasteiger charge is -2.17. The zero-order chi connectivity index (χ0) is 26.0. The largest absolute Gasteiger partial charge is 0.376 e. The number of carbonyl (C=O) groups is 2. The Hall–Kier alpha value is -2.89. The number of carbonyl (C=O) groups excluding carboxylic acids is 2. The molecule has 9 nitrogen and oxygen atoms in total. The van der Waals surface area contributed by atoms with Gasteiger partial charge in [-0.05, 0) is 57.2 Å². The molecule has 0 radical (unpaired) electrons. The Labute approximate surface area is 217 Å². The molecule has 4 N–H and O–H groups in total. The van der Waals surface area contributed by atoms with Gasteiger partial charge < -0.3 is 21.2 Å². The number of hydrogen-bond donors (Lipinski definition) is 3. The number of anilines is 1. The van der Waals surface area contributed by atoms with Crippen LogP contribution in [0.3, 0.4) is 0 Å². The van der Waals surface area contributed by atoms with Crippen LogP contribution >= 0.6 is 23.1 Å². The number of thioether (sulfide) groups is 1. The molecule has 2 unspecified atom stereocenters. The minimum absolute atomic E-state index is 0.0426. The number of nitrogens with one attached hydrogen (secondary N) is 2. The van der Waals surface area contributed by atoms with Crippen LogP contribution in [0.5, 0.6) is 0 Å². The van der Waals surface area contributed by atoms with Crippen molar-refractivity contribution in [1.82, 2.24) is 15.0 Å². The normalized spacial score (nSPS) is 16.3. The molecule has 3 aromatic rings. The lowest BCUT2D eigenvalue weighted by molar-refractivity contribution is -0.121. The number of aromatic nitrogens is 2. The molecule has 2 atom stereocenters. The predicted octanol–water partition coefficient (Wildman–Crippen LogP) is 3.52. The molecular formula is C25H31N5O4S2. The highest BCUT2D eigenvalue weighted by atomic mass is 32.2. The Morgan fingerprint density at radius 2 is 2.11 bits per heavy atom. The highest BCUT2D eigenvalue weighted by molar-refractivity contribution is 8.00. The molecule has 192 valence electrons. The number of nitrogen functional groups attached to an aromatic ring is 1. The summed E-state index contributed by atoms with van der Waals surface area (Å²) in [5.74, 6) is 5.65. The van der Waals surface area contributed by atoms with Crippen LogP contribution in [-0.2, 0) is 9.53 Å². The molecular weight excluding hydrogens is 498 g/mol. The first-order chi connectivity index (χ1) is 17.2. The summed E-state index contributed by atoms with van der Waals surface area (Å²) in [6, 6.07) is 5.78. The summed E-state index contributed by atoms with van der Waals surface area (Å²) in [7, 11) is 0. The number of fused-ring (bicyclic) bond motifs is 1. The standard InChI is InChI=1S/C25H31N5O4S2/c1-5-18(21(31)27-12-16-7-6-10-34-16)35-25-29-23-19(24(33)30(25)26)15(4)20(36-23)22(32)28-17-9-8-13(2)11-14(17)3/h8-9,11,16,18H,5-7,10,12,26H2,1-4H3,(H,27,31)(H,28,32). The van der Waals surface area contributed by atoms with Gasteiger partial charge in [0.25, 0.3) is 11.5 Å². The number of benzene rings is 1. The molecule has 4 rings (SSSR count). The van der Waals surface area contributed by atoms with Gasteiger partial charge in [0.15, 0.2) is 5.16 Å². The summed E-state index contributed by atoms with van der Waals surface area (Å²) in [6.45, 7) is 8.72. The van der Waals surface area contributed by atoms with Crippen LogP contribution in [0.25, 0.3) is 10.2 Å². The SMILES string of the molecule is CCC(Sc1nc2sc(C(=O)Nc3ccc(C)cc3C)c(C)c2c(=O)n1N)C(=O)NCC1CCCO1. The summed E-state index contributed by atoms with van der Waals surface area (Å²) in [6.07, 6.45) is 2.51. The first-order valence-corrected chi connectivity index (χ1v) is 13.6. The van der Waals surface area contributed by atoms with Crippen LogP contribution in [0.4, 0.5) is 5.69 Å². The minimum Gasteiger partial charge on any atom is -0.376 e. The van der Waals surface area contributed by atoms with Crippen molar-refractivity contribution in [2.24, 2.45) is 0 Å². The van der Waals surface area contributed by atoms with E-state index in [1.165, 1.54) is 0 Å². The van der Waals surface area contributed by atoms with Crippen LogP contribution < -0.4 is 22.0 Å². The van der Waals surface area contributed by atoms with E-state index in [1.54, 1.807) is 6.92 Å². The number of thiophene rings is 1. The maximum Gasteiger partial charge on any atom is 0.281 e. The molecule has 0 spiro atoms. The van der Waals surface area contributed by atoms with Crippen molar-refractivity contribution in [1.29, 1.82) is 0 Å². The van der Waals surface area contributed by atoms with Crippen molar-refractivity contribution >= 4 is 50.8 Å². The Balaban J connectivity index is 1.57. The maximum absolute atomic E-state index is 13.1. The molecule has 0 saturated carbocycles. The molecule has 3 heterocycles. The second-order valence-corrected chi connectivity index (χ2v) is 11.1. The van der Waals surface area contributed by atoms with Crippen molar-refractivity contribution < 1.29 is 14.3 Å². The summed E-state index contributed by atoms with van der Waals surface area (Å²) >= 11 is 2.29. The van der Waals surface area contributed by atoms with Crippen molar-refractivity contribution in [2.75, 3.05) is 24.3 Å². The van der Waals surface area contributed by atoms with Crippen molar-refractivity contribution in [3.05, 3.63) is 50.1 Å². The van der Waals surface area contributed by atoms with Gasteiger partial charge >= 0.3 is 0 Å². The molecule has 36 heavy (non-hydrogen) atoms. The molecule has 1 aliphatic heterocycles. The van der Waals surface area contributed by atoms with Crippen molar-refractivity contribution in [2.45, 2.75) is 63.5 Å². The third-order valence-electron chi connectivity index (χ3n) is 6.24. The van der Waals surface area contributed by atoms with Crippen LogP contribution in [0.15, 0.2) is 28.2 Å². The number of rotatable bonds is 8. The first-order valence-electron chi connectivity index (χ1n) is 11.9. The van der Waals surface area contributed by atoms with E-state index in [0.717, 1.165) is 58.4 Å². The minimum atomic E-state index is -0.473. The fourth-order valence-corrected chi connectivity index (χ4v) is 6.27. The third-order valence-corrected chi connectivity index (χ3v) is 8.75. The zero-order valence-electron chi connectivity index (χ0n) is 20.8. The molecule has 1 fully saturated rings. The second kappa shape index (κ2) is 11.0. The number of nitrogens with two attached hydrogens (primary N) is 1. The fourth-order valence-electron chi connectivity index (χ4n) is 4.19. The summed E-state index contributed by atoms with van der Waals surface area (Å²) in [4.78, 5) is 44.4. The Morgan fingerprint density at radius 3 is 2.78 bits per heavy atom. The smallest absolute Gasteiger partial charge is 0.281 e. The van der Waals surface area contributed by atoms with E-state index in [-0.39, 0.29) is 23.1 Å². The van der Waals surface area contributed by atoms with Gasteiger partial charge in [0.1, 0.15) is 4.83 Å². The highest BCUT2D eigenvalue weighted by Gasteiger charge is 2.26. The second-order valence-electron chi connectivity index (χ2n) is 8.97.